The van der Waals surface area contributed by atoms with Crippen LogP contribution in [0.25, 0.3) is 21.8 Å². The van der Waals surface area contributed by atoms with Crippen molar-refractivity contribution in [3.63, 3.8) is 0 Å². The second-order valence-corrected chi connectivity index (χ2v) is 7.64. The van der Waals surface area contributed by atoms with Crippen molar-refractivity contribution < 1.29 is 18.3 Å². The van der Waals surface area contributed by atoms with Gasteiger partial charge < -0.3 is 15.4 Å². The van der Waals surface area contributed by atoms with Crippen LogP contribution in [-0.4, -0.2) is 39.2 Å². The molecule has 0 aliphatic carbocycles. The number of hydrogen-bond acceptors (Lipinski definition) is 5. The minimum Gasteiger partial charge on any atom is -0.383 e. The summed E-state index contributed by atoms with van der Waals surface area (Å²) < 4.78 is 35.0. The van der Waals surface area contributed by atoms with E-state index >= 15 is 0 Å². The SMILES string of the molecule is CN(C(=O)c1ccc2nc(N)c3cnn(C)c3c2c1)[C@@H]1COCc2c1ccc(F)c2F. The molecule has 9 heteroatoms. The van der Waals surface area contributed by atoms with E-state index in [2.05, 4.69) is 10.1 Å². The zero-order chi connectivity index (χ0) is 21.9. The first-order valence-electron chi connectivity index (χ1n) is 9.69. The number of carbonyl (C=O) groups excluding carboxylic acids is 1. The summed E-state index contributed by atoms with van der Waals surface area (Å²) in [6, 6.07) is 7.21. The largest absolute Gasteiger partial charge is 0.383 e. The molecule has 1 atom stereocenters. The third kappa shape index (κ3) is 2.92. The quantitative estimate of drug-likeness (QED) is 0.535. The highest BCUT2D eigenvalue weighted by molar-refractivity contribution is 6.10. The second-order valence-electron chi connectivity index (χ2n) is 7.64. The van der Waals surface area contributed by atoms with Crippen LogP contribution in [0.4, 0.5) is 14.6 Å². The molecule has 1 aliphatic rings. The van der Waals surface area contributed by atoms with E-state index in [1.165, 1.54) is 11.0 Å². The first kappa shape index (κ1) is 19.4. The average Bonchev–Trinajstić information content (AvgIpc) is 3.17. The minimum atomic E-state index is -0.934. The molecule has 0 unspecified atom stereocenters. The molecule has 0 radical (unpaired) electrons. The van der Waals surface area contributed by atoms with Gasteiger partial charge >= 0.3 is 0 Å². The molecule has 2 aromatic carbocycles. The number of benzene rings is 2. The molecule has 31 heavy (non-hydrogen) atoms. The fourth-order valence-electron chi connectivity index (χ4n) is 4.19. The third-order valence-corrected chi connectivity index (χ3v) is 5.86. The van der Waals surface area contributed by atoms with Crippen LogP contribution >= 0.6 is 0 Å². The van der Waals surface area contributed by atoms with Gasteiger partial charge in [0.05, 0.1) is 41.9 Å². The molecule has 0 fully saturated rings. The Bertz CT molecular complexity index is 1370. The Hall–Kier alpha value is -3.59. The van der Waals surface area contributed by atoms with Gasteiger partial charge in [0, 0.05) is 30.6 Å². The summed E-state index contributed by atoms with van der Waals surface area (Å²) >= 11 is 0. The topological polar surface area (TPSA) is 86.3 Å². The van der Waals surface area contributed by atoms with Crippen molar-refractivity contribution in [2.75, 3.05) is 19.4 Å². The maximum Gasteiger partial charge on any atom is 0.254 e. The van der Waals surface area contributed by atoms with Crippen LogP contribution in [-0.2, 0) is 18.4 Å². The van der Waals surface area contributed by atoms with Gasteiger partial charge in [0.15, 0.2) is 11.6 Å². The van der Waals surface area contributed by atoms with E-state index in [1.807, 2.05) is 0 Å². The van der Waals surface area contributed by atoms with Gasteiger partial charge in [-0.05, 0) is 29.8 Å². The Morgan fingerprint density at radius 3 is 2.87 bits per heavy atom. The van der Waals surface area contributed by atoms with Crippen molar-refractivity contribution >= 4 is 33.5 Å². The minimum absolute atomic E-state index is 0.0288. The van der Waals surface area contributed by atoms with Gasteiger partial charge in [0.25, 0.3) is 5.91 Å². The van der Waals surface area contributed by atoms with Crippen LogP contribution < -0.4 is 5.73 Å². The van der Waals surface area contributed by atoms with Crippen LogP contribution in [0, 0.1) is 11.6 Å². The second kappa shape index (κ2) is 6.98. The Morgan fingerprint density at radius 2 is 2.06 bits per heavy atom. The van der Waals surface area contributed by atoms with Crippen molar-refractivity contribution in [3.8, 4) is 0 Å². The molecule has 0 saturated heterocycles. The highest BCUT2D eigenvalue weighted by Crippen LogP contribution is 2.33. The molecule has 2 N–H and O–H groups in total. The molecular formula is C22H19F2N5O2. The van der Waals surface area contributed by atoms with Gasteiger partial charge in [-0.2, -0.15) is 5.10 Å². The van der Waals surface area contributed by atoms with E-state index in [1.54, 1.807) is 43.2 Å². The van der Waals surface area contributed by atoms with Crippen LogP contribution in [0.2, 0.25) is 0 Å². The average molecular weight is 423 g/mol. The van der Waals surface area contributed by atoms with Crippen LogP contribution in [0.3, 0.4) is 0 Å². The van der Waals surface area contributed by atoms with Gasteiger partial charge in [-0.15, -0.1) is 0 Å². The first-order chi connectivity index (χ1) is 14.9. The molecule has 7 nitrogen and oxygen atoms in total. The number of rotatable bonds is 2. The van der Waals surface area contributed by atoms with E-state index in [-0.39, 0.29) is 24.7 Å². The summed E-state index contributed by atoms with van der Waals surface area (Å²) in [5, 5.41) is 5.70. The van der Waals surface area contributed by atoms with Crippen molar-refractivity contribution in [1.29, 1.82) is 0 Å². The number of aromatic nitrogens is 3. The number of hydrogen-bond donors (Lipinski definition) is 1. The molecular weight excluding hydrogens is 404 g/mol. The lowest BCUT2D eigenvalue weighted by Gasteiger charge is -2.33. The first-order valence-corrected chi connectivity index (χ1v) is 9.69. The molecule has 0 spiro atoms. The van der Waals surface area contributed by atoms with E-state index in [4.69, 9.17) is 10.5 Å². The number of fused-ring (bicyclic) bond motifs is 4. The molecule has 5 rings (SSSR count). The molecule has 0 saturated carbocycles. The van der Waals surface area contributed by atoms with Crippen molar-refractivity contribution in [2.45, 2.75) is 12.6 Å². The van der Waals surface area contributed by atoms with Gasteiger partial charge in [-0.3, -0.25) is 9.48 Å². The molecule has 1 aliphatic heterocycles. The number of anilines is 1. The summed E-state index contributed by atoms with van der Waals surface area (Å²) in [4.78, 5) is 19.2. The lowest BCUT2D eigenvalue weighted by atomic mass is 9.96. The Labute approximate surface area is 176 Å². The highest BCUT2D eigenvalue weighted by atomic mass is 19.2. The summed E-state index contributed by atoms with van der Waals surface area (Å²) in [7, 11) is 3.42. The van der Waals surface area contributed by atoms with Crippen LogP contribution in [0.15, 0.2) is 36.5 Å². The Kier molecular flexibility index (Phi) is 4.37. The number of ether oxygens (including phenoxy) is 1. The zero-order valence-electron chi connectivity index (χ0n) is 16.9. The van der Waals surface area contributed by atoms with Gasteiger partial charge in [0.1, 0.15) is 5.82 Å². The number of nitrogen functional groups attached to an aromatic ring is 1. The summed E-state index contributed by atoms with van der Waals surface area (Å²) in [5.41, 5.74) is 8.59. The zero-order valence-corrected chi connectivity index (χ0v) is 16.9. The summed E-state index contributed by atoms with van der Waals surface area (Å²) in [6.45, 7) is 0.164. The maximum atomic E-state index is 14.2. The number of amides is 1. The standard InChI is InChI=1S/C22H19F2N5O2/c1-28(18-10-31-9-15-12(18)4-5-16(23)19(15)24)22(30)11-3-6-17-13(7-11)20-14(21(25)27-17)8-26-29(20)2/h3-8,18H,9-10H2,1-2H3,(H2,25,27)/t18-/m1/s1. The third-order valence-electron chi connectivity index (χ3n) is 5.86. The molecule has 1 amide bonds. The number of nitrogens with zero attached hydrogens (tertiary/aromatic N) is 4. The van der Waals surface area contributed by atoms with Gasteiger partial charge in [0.2, 0.25) is 0 Å². The Morgan fingerprint density at radius 1 is 1.26 bits per heavy atom. The lowest BCUT2D eigenvalue weighted by molar-refractivity contribution is 0.0329. The predicted octanol–water partition coefficient (Wildman–Crippen LogP) is 3.33. The number of halogens is 2. The molecule has 4 aromatic rings. The van der Waals surface area contributed by atoms with Crippen LogP contribution in [0.1, 0.15) is 27.5 Å². The fraction of sp³-hybridized carbons (Fsp3) is 0.227. The Balaban J connectivity index is 1.57. The lowest BCUT2D eigenvalue weighted by Crippen LogP contribution is -2.36. The molecule has 3 heterocycles. The van der Waals surface area contributed by atoms with Crippen molar-refractivity contribution in [2.24, 2.45) is 7.05 Å². The van der Waals surface area contributed by atoms with Gasteiger partial charge in [-0.25, -0.2) is 13.8 Å². The van der Waals surface area contributed by atoms with E-state index in [9.17, 15) is 13.6 Å². The predicted molar refractivity (Wildman–Crippen MR) is 111 cm³/mol. The molecule has 2 aromatic heterocycles. The number of nitrogens with two attached hydrogens (primary N) is 1. The summed E-state index contributed by atoms with van der Waals surface area (Å²) in [6.07, 6.45) is 1.64. The number of carbonyl (C=O) groups is 1. The molecule has 158 valence electrons. The van der Waals surface area contributed by atoms with Crippen LogP contribution in [0.5, 0.6) is 0 Å². The maximum absolute atomic E-state index is 14.2. The number of aryl methyl sites for hydroxylation is 1. The van der Waals surface area contributed by atoms with E-state index in [0.717, 1.165) is 17.0 Å². The van der Waals surface area contributed by atoms with Crippen molar-refractivity contribution in [1.82, 2.24) is 19.7 Å². The smallest absolute Gasteiger partial charge is 0.254 e. The van der Waals surface area contributed by atoms with Crippen molar-refractivity contribution in [3.05, 3.63) is 64.9 Å². The van der Waals surface area contributed by atoms with E-state index < -0.39 is 17.7 Å². The monoisotopic (exact) mass is 423 g/mol. The van der Waals surface area contributed by atoms with Gasteiger partial charge in [-0.1, -0.05) is 6.07 Å². The number of likely N-dealkylation sites (N-methyl/N-ethyl adjacent to an activating group) is 1. The number of pyridine rings is 1. The normalized spacial score (nSPS) is 15.9. The molecule has 0 bridgehead atoms. The fourth-order valence-corrected chi connectivity index (χ4v) is 4.19. The van der Waals surface area contributed by atoms with E-state index in [0.29, 0.717) is 27.8 Å². The summed E-state index contributed by atoms with van der Waals surface area (Å²) in [5.74, 6) is -1.77. The highest BCUT2D eigenvalue weighted by Gasteiger charge is 2.31.